The van der Waals surface area contributed by atoms with E-state index in [-0.39, 0.29) is 0 Å². The molecule has 0 aliphatic carbocycles. The van der Waals surface area contributed by atoms with Crippen LogP contribution in [0.2, 0.25) is 5.02 Å². The van der Waals surface area contributed by atoms with Gasteiger partial charge in [-0.3, -0.25) is 5.10 Å². The number of aryl methyl sites for hydroxylation is 1. The number of anilines is 1. The first-order valence-corrected chi connectivity index (χ1v) is 7.18. The van der Waals surface area contributed by atoms with Crippen molar-refractivity contribution in [1.29, 1.82) is 0 Å². The van der Waals surface area contributed by atoms with E-state index in [0.717, 1.165) is 47.6 Å². The maximum absolute atomic E-state index is 5.99. The van der Waals surface area contributed by atoms with Crippen molar-refractivity contribution in [3.8, 4) is 11.4 Å². The molecule has 106 valence electrons. The Morgan fingerprint density at radius 1 is 1.40 bits per heavy atom. The van der Waals surface area contributed by atoms with Crippen LogP contribution in [0.1, 0.15) is 12.5 Å². The molecule has 1 aromatic heterocycles. The van der Waals surface area contributed by atoms with E-state index in [1.165, 1.54) is 0 Å². The maximum Gasteiger partial charge on any atom is 0.245 e. The van der Waals surface area contributed by atoms with Gasteiger partial charge in [0.25, 0.3) is 0 Å². The van der Waals surface area contributed by atoms with Crippen molar-refractivity contribution in [2.45, 2.75) is 19.9 Å². The molecule has 0 saturated carbocycles. The van der Waals surface area contributed by atoms with E-state index < -0.39 is 0 Å². The largest absolute Gasteiger partial charge is 0.337 e. The molecule has 20 heavy (non-hydrogen) atoms. The number of H-pyrrole nitrogens is 1. The summed E-state index contributed by atoms with van der Waals surface area (Å²) in [6.45, 7) is 7.02. The zero-order valence-corrected chi connectivity index (χ0v) is 12.4. The van der Waals surface area contributed by atoms with Crippen LogP contribution in [0, 0.1) is 6.92 Å². The third-order valence-electron chi connectivity index (χ3n) is 3.57. The van der Waals surface area contributed by atoms with E-state index in [4.69, 9.17) is 11.6 Å². The molecule has 1 unspecified atom stereocenters. The summed E-state index contributed by atoms with van der Waals surface area (Å²) >= 11 is 5.99. The second-order valence-electron chi connectivity index (χ2n) is 5.24. The highest BCUT2D eigenvalue weighted by Gasteiger charge is 2.19. The van der Waals surface area contributed by atoms with Crippen LogP contribution in [-0.4, -0.2) is 40.9 Å². The van der Waals surface area contributed by atoms with Gasteiger partial charge in [0.05, 0.1) is 0 Å². The lowest BCUT2D eigenvalue weighted by Crippen LogP contribution is -2.49. The first-order chi connectivity index (χ1) is 9.63. The fourth-order valence-electron chi connectivity index (χ4n) is 2.52. The van der Waals surface area contributed by atoms with Gasteiger partial charge in [0.15, 0.2) is 5.82 Å². The summed E-state index contributed by atoms with van der Waals surface area (Å²) in [4.78, 5) is 6.82. The first kappa shape index (κ1) is 13.4. The van der Waals surface area contributed by atoms with Gasteiger partial charge in [-0.25, -0.2) is 0 Å². The molecule has 1 aliphatic rings. The van der Waals surface area contributed by atoms with Crippen LogP contribution < -0.4 is 10.2 Å². The molecular formula is C14H18ClN5. The summed E-state index contributed by atoms with van der Waals surface area (Å²) in [5.74, 6) is 1.56. The Balaban J connectivity index is 1.86. The smallest absolute Gasteiger partial charge is 0.245 e. The molecule has 1 fully saturated rings. The molecule has 0 spiro atoms. The van der Waals surface area contributed by atoms with Crippen LogP contribution in [0.15, 0.2) is 18.2 Å². The Labute approximate surface area is 123 Å². The van der Waals surface area contributed by atoms with Gasteiger partial charge in [0.1, 0.15) is 0 Å². The summed E-state index contributed by atoms with van der Waals surface area (Å²) in [6.07, 6.45) is 0. The van der Waals surface area contributed by atoms with Gasteiger partial charge in [-0.1, -0.05) is 11.6 Å². The molecule has 5 nitrogen and oxygen atoms in total. The van der Waals surface area contributed by atoms with Crippen LogP contribution in [0.5, 0.6) is 0 Å². The average Bonchev–Trinajstić information content (AvgIpc) is 2.88. The fraction of sp³-hybridized carbons (Fsp3) is 0.429. The van der Waals surface area contributed by atoms with Gasteiger partial charge >= 0.3 is 0 Å². The molecule has 1 aromatic carbocycles. The number of benzene rings is 1. The standard InChI is InChI=1S/C14H18ClN5/c1-9-7-11(15)3-4-12(9)13-17-14(19-18-13)20-6-5-16-10(2)8-20/h3-4,7,10,16H,5-6,8H2,1-2H3,(H,17,18,19). The Morgan fingerprint density at radius 2 is 2.25 bits per heavy atom. The Hall–Kier alpha value is -1.59. The Bertz CT molecular complexity index is 609. The number of hydrogen-bond acceptors (Lipinski definition) is 4. The first-order valence-electron chi connectivity index (χ1n) is 6.81. The number of rotatable bonds is 2. The van der Waals surface area contributed by atoms with Gasteiger partial charge in [-0.2, -0.15) is 4.98 Å². The lowest BCUT2D eigenvalue weighted by molar-refractivity contribution is 0.480. The normalized spacial score (nSPS) is 19.4. The van der Waals surface area contributed by atoms with Crippen molar-refractivity contribution < 1.29 is 0 Å². The second kappa shape index (κ2) is 5.42. The van der Waals surface area contributed by atoms with Crippen molar-refractivity contribution >= 4 is 17.5 Å². The monoisotopic (exact) mass is 291 g/mol. The van der Waals surface area contributed by atoms with Crippen LogP contribution in [-0.2, 0) is 0 Å². The zero-order chi connectivity index (χ0) is 14.1. The van der Waals surface area contributed by atoms with Gasteiger partial charge < -0.3 is 10.2 Å². The van der Waals surface area contributed by atoms with Crippen LogP contribution in [0.25, 0.3) is 11.4 Å². The summed E-state index contributed by atoms with van der Waals surface area (Å²) in [7, 11) is 0. The Morgan fingerprint density at radius 3 is 3.00 bits per heavy atom. The highest BCUT2D eigenvalue weighted by atomic mass is 35.5. The number of nitrogens with one attached hydrogen (secondary N) is 2. The van der Waals surface area contributed by atoms with Crippen molar-refractivity contribution in [2.75, 3.05) is 24.5 Å². The predicted octanol–water partition coefficient (Wildman–Crippen LogP) is 2.23. The number of halogens is 1. The van der Waals surface area contributed by atoms with E-state index in [1.54, 1.807) is 0 Å². The molecule has 0 bridgehead atoms. The summed E-state index contributed by atoms with van der Waals surface area (Å²) in [5.41, 5.74) is 2.13. The van der Waals surface area contributed by atoms with Crippen LogP contribution in [0.3, 0.4) is 0 Å². The average molecular weight is 292 g/mol. The molecule has 1 atom stereocenters. The predicted molar refractivity (Wildman–Crippen MR) is 81.2 cm³/mol. The number of piperazine rings is 1. The molecule has 0 radical (unpaired) electrons. The highest BCUT2D eigenvalue weighted by Crippen LogP contribution is 2.24. The number of aromatic amines is 1. The van der Waals surface area contributed by atoms with Crippen LogP contribution in [0.4, 0.5) is 5.95 Å². The quantitative estimate of drug-likeness (QED) is 0.891. The van der Waals surface area contributed by atoms with E-state index in [9.17, 15) is 0 Å². The van der Waals surface area contributed by atoms with E-state index in [1.807, 2.05) is 25.1 Å². The van der Waals surface area contributed by atoms with Crippen molar-refractivity contribution in [3.05, 3.63) is 28.8 Å². The molecule has 2 heterocycles. The van der Waals surface area contributed by atoms with Crippen molar-refractivity contribution in [2.24, 2.45) is 0 Å². The minimum atomic E-state index is 0.461. The molecule has 1 aliphatic heterocycles. The van der Waals surface area contributed by atoms with Gasteiger partial charge in [0, 0.05) is 36.3 Å². The fourth-order valence-corrected chi connectivity index (χ4v) is 2.75. The van der Waals surface area contributed by atoms with Gasteiger partial charge in [-0.05, 0) is 37.6 Å². The molecular weight excluding hydrogens is 274 g/mol. The third-order valence-corrected chi connectivity index (χ3v) is 3.80. The van der Waals surface area contributed by atoms with Gasteiger partial charge in [0.2, 0.25) is 5.95 Å². The van der Waals surface area contributed by atoms with E-state index in [2.05, 4.69) is 32.3 Å². The van der Waals surface area contributed by atoms with Crippen LogP contribution >= 0.6 is 11.6 Å². The third kappa shape index (κ3) is 2.64. The maximum atomic E-state index is 5.99. The molecule has 2 aromatic rings. The summed E-state index contributed by atoms with van der Waals surface area (Å²) in [5, 5.41) is 11.5. The number of nitrogens with zero attached hydrogens (tertiary/aromatic N) is 3. The number of hydrogen-bond donors (Lipinski definition) is 2. The minimum absolute atomic E-state index is 0.461. The molecule has 0 amide bonds. The molecule has 2 N–H and O–H groups in total. The van der Waals surface area contributed by atoms with E-state index >= 15 is 0 Å². The summed E-state index contributed by atoms with van der Waals surface area (Å²) < 4.78 is 0. The van der Waals surface area contributed by atoms with Crippen molar-refractivity contribution in [1.82, 2.24) is 20.5 Å². The lowest BCUT2D eigenvalue weighted by atomic mass is 10.1. The summed E-state index contributed by atoms with van der Waals surface area (Å²) in [6, 6.07) is 6.25. The lowest BCUT2D eigenvalue weighted by Gasteiger charge is -2.30. The topological polar surface area (TPSA) is 56.8 Å². The molecule has 3 rings (SSSR count). The second-order valence-corrected chi connectivity index (χ2v) is 5.68. The highest BCUT2D eigenvalue weighted by molar-refractivity contribution is 6.30. The minimum Gasteiger partial charge on any atom is -0.337 e. The zero-order valence-electron chi connectivity index (χ0n) is 11.7. The molecule has 1 saturated heterocycles. The SMILES string of the molecule is Cc1cc(Cl)ccc1-c1nc(N2CCNC(C)C2)n[nH]1. The molecule has 6 heteroatoms. The number of aromatic nitrogens is 3. The van der Waals surface area contributed by atoms with Gasteiger partial charge in [-0.15, -0.1) is 5.10 Å². The van der Waals surface area contributed by atoms with Crippen molar-refractivity contribution in [3.63, 3.8) is 0 Å². The van der Waals surface area contributed by atoms with E-state index in [0.29, 0.717) is 6.04 Å². The Kier molecular flexibility index (Phi) is 3.63.